The highest BCUT2D eigenvalue weighted by atomic mass is 32.2. The molecule has 0 amide bonds. The van der Waals surface area contributed by atoms with Crippen molar-refractivity contribution in [2.45, 2.75) is 23.6 Å². The number of hydrogen-bond donors (Lipinski definition) is 0. The molecule has 2 rings (SSSR count). The van der Waals surface area contributed by atoms with Gasteiger partial charge in [0.2, 0.25) is 22.6 Å². The zero-order valence-electron chi connectivity index (χ0n) is 17.5. The third-order valence-corrected chi connectivity index (χ3v) is 5.26. The smallest absolute Gasteiger partial charge is 0.374 e. The summed E-state index contributed by atoms with van der Waals surface area (Å²) >= 11 is -0.950. The van der Waals surface area contributed by atoms with E-state index in [1.807, 2.05) is 0 Å². The molecule has 0 aliphatic rings. The van der Waals surface area contributed by atoms with Crippen molar-refractivity contribution in [3.8, 4) is 11.5 Å². The molecule has 10 heteroatoms. The Morgan fingerprint density at radius 3 is 1.88 bits per heavy atom. The van der Waals surface area contributed by atoms with Crippen molar-refractivity contribution >= 4 is 35.1 Å². The van der Waals surface area contributed by atoms with Crippen molar-refractivity contribution in [3.63, 3.8) is 0 Å². The third kappa shape index (κ3) is 7.78. The first-order chi connectivity index (χ1) is 15.3. The highest BCUT2D eigenvalue weighted by Crippen LogP contribution is 2.27. The SMILES string of the molecule is C=C(OSc1ccc(Oc2ccc(S(=O)OC(=C)C(=O)OCC)cc2)cc1)C(=O)OCC. The van der Waals surface area contributed by atoms with Gasteiger partial charge in [-0.3, -0.25) is 0 Å². The van der Waals surface area contributed by atoms with Gasteiger partial charge in [0.15, 0.2) is 0 Å². The fourth-order valence-electron chi connectivity index (χ4n) is 2.05. The predicted molar refractivity (Wildman–Crippen MR) is 119 cm³/mol. The highest BCUT2D eigenvalue weighted by molar-refractivity contribution is 7.94. The molecule has 0 aliphatic carbocycles. The molecule has 2 aromatic carbocycles. The third-order valence-electron chi connectivity index (χ3n) is 3.50. The number of benzene rings is 2. The first-order valence-electron chi connectivity index (χ1n) is 9.38. The normalized spacial score (nSPS) is 11.1. The average molecular weight is 479 g/mol. The molecule has 2 aromatic rings. The fourth-order valence-corrected chi connectivity index (χ4v) is 3.26. The van der Waals surface area contributed by atoms with Gasteiger partial charge in [-0.1, -0.05) is 0 Å². The minimum absolute atomic E-state index is 0.0931. The van der Waals surface area contributed by atoms with E-state index in [4.69, 9.17) is 22.6 Å². The van der Waals surface area contributed by atoms with Crippen LogP contribution >= 0.6 is 12.0 Å². The van der Waals surface area contributed by atoms with Crippen LogP contribution in [0.3, 0.4) is 0 Å². The quantitative estimate of drug-likeness (QED) is 0.186. The average Bonchev–Trinajstić information content (AvgIpc) is 2.79. The van der Waals surface area contributed by atoms with Gasteiger partial charge in [0.25, 0.3) is 0 Å². The molecule has 0 aromatic heterocycles. The number of carbonyl (C=O) groups is 2. The van der Waals surface area contributed by atoms with Crippen LogP contribution in [0.1, 0.15) is 13.8 Å². The molecule has 1 atom stereocenters. The lowest BCUT2D eigenvalue weighted by Gasteiger charge is -2.09. The van der Waals surface area contributed by atoms with Crippen LogP contribution in [0.25, 0.3) is 0 Å². The maximum atomic E-state index is 12.2. The molecule has 1 unspecified atom stereocenters. The second-order valence-electron chi connectivity index (χ2n) is 5.82. The molecule has 8 nitrogen and oxygen atoms in total. The number of rotatable bonds is 12. The van der Waals surface area contributed by atoms with Gasteiger partial charge in [-0.05, 0) is 75.5 Å². The Hall–Kier alpha value is -3.24. The summed E-state index contributed by atoms with van der Waals surface area (Å²) in [6, 6.07) is 13.2. The molecule has 0 bridgehead atoms. The van der Waals surface area contributed by atoms with E-state index < -0.39 is 23.0 Å². The fraction of sp³-hybridized carbons (Fsp3) is 0.182. The lowest BCUT2D eigenvalue weighted by atomic mass is 10.3. The Morgan fingerprint density at radius 1 is 0.844 bits per heavy atom. The van der Waals surface area contributed by atoms with E-state index in [2.05, 4.69) is 13.2 Å². The Kier molecular flexibility index (Phi) is 9.83. The zero-order valence-corrected chi connectivity index (χ0v) is 19.2. The van der Waals surface area contributed by atoms with Crippen LogP contribution in [0.2, 0.25) is 0 Å². The molecule has 32 heavy (non-hydrogen) atoms. The van der Waals surface area contributed by atoms with Crippen molar-refractivity contribution in [1.82, 2.24) is 0 Å². The van der Waals surface area contributed by atoms with Crippen LogP contribution in [0.15, 0.2) is 83.0 Å². The molecule has 170 valence electrons. The summed E-state index contributed by atoms with van der Waals surface area (Å²) < 4.78 is 37.7. The summed E-state index contributed by atoms with van der Waals surface area (Å²) in [6.45, 7) is 10.7. The van der Waals surface area contributed by atoms with Gasteiger partial charge in [-0.15, -0.1) is 0 Å². The van der Waals surface area contributed by atoms with Crippen molar-refractivity contribution in [2.75, 3.05) is 13.2 Å². The topological polar surface area (TPSA) is 97.4 Å². The van der Waals surface area contributed by atoms with Crippen LogP contribution in [0.4, 0.5) is 0 Å². The molecular weight excluding hydrogens is 456 g/mol. The minimum Gasteiger partial charge on any atom is -0.460 e. The van der Waals surface area contributed by atoms with Crippen LogP contribution in [0.5, 0.6) is 11.5 Å². The van der Waals surface area contributed by atoms with Crippen LogP contribution in [-0.2, 0) is 38.5 Å². The Morgan fingerprint density at radius 2 is 1.34 bits per heavy atom. The summed E-state index contributed by atoms with van der Waals surface area (Å²) in [6.07, 6.45) is 0. The van der Waals surface area contributed by atoms with E-state index >= 15 is 0 Å². The van der Waals surface area contributed by atoms with Crippen molar-refractivity contribution in [3.05, 3.63) is 73.2 Å². The van der Waals surface area contributed by atoms with E-state index in [1.54, 1.807) is 62.4 Å². The van der Waals surface area contributed by atoms with Crippen molar-refractivity contribution < 1.29 is 36.4 Å². The van der Waals surface area contributed by atoms with Crippen molar-refractivity contribution in [1.29, 1.82) is 0 Å². The lowest BCUT2D eigenvalue weighted by Crippen LogP contribution is -2.11. The Balaban J connectivity index is 1.88. The van der Waals surface area contributed by atoms with E-state index in [-0.39, 0.29) is 24.7 Å². The molecule has 0 spiro atoms. The molecule has 0 fully saturated rings. The van der Waals surface area contributed by atoms with Gasteiger partial charge < -0.3 is 22.6 Å². The van der Waals surface area contributed by atoms with Gasteiger partial charge in [-0.25, -0.2) is 13.8 Å². The van der Waals surface area contributed by atoms with Gasteiger partial charge in [0, 0.05) is 4.90 Å². The largest absolute Gasteiger partial charge is 0.460 e. The predicted octanol–water partition coefficient (Wildman–Crippen LogP) is 4.70. The number of esters is 2. The van der Waals surface area contributed by atoms with Crippen LogP contribution in [0, 0.1) is 0 Å². The van der Waals surface area contributed by atoms with E-state index in [0.717, 1.165) is 16.9 Å². The molecule has 0 heterocycles. The molecule has 0 N–H and O–H groups in total. The van der Waals surface area contributed by atoms with Gasteiger partial charge in [0.05, 0.1) is 30.2 Å². The molecule has 0 radical (unpaired) electrons. The zero-order chi connectivity index (χ0) is 23.5. The first-order valence-corrected chi connectivity index (χ1v) is 11.2. The Bertz CT molecular complexity index is 984. The number of carbonyl (C=O) groups excluding carboxylic acids is 2. The van der Waals surface area contributed by atoms with Gasteiger partial charge in [-0.2, -0.15) is 0 Å². The highest BCUT2D eigenvalue weighted by Gasteiger charge is 2.15. The minimum atomic E-state index is -1.92. The molecule has 0 saturated heterocycles. The van der Waals surface area contributed by atoms with Crippen molar-refractivity contribution in [2.24, 2.45) is 0 Å². The maximum Gasteiger partial charge on any atom is 0.374 e. The summed E-state index contributed by atoms with van der Waals surface area (Å²) in [7, 11) is 0. The van der Waals surface area contributed by atoms with E-state index in [0.29, 0.717) is 16.4 Å². The van der Waals surface area contributed by atoms with Gasteiger partial charge in [0.1, 0.15) is 11.5 Å². The number of hydrogen-bond acceptors (Lipinski definition) is 9. The van der Waals surface area contributed by atoms with E-state index in [9.17, 15) is 13.8 Å². The summed E-state index contributed by atoms with van der Waals surface area (Å²) in [4.78, 5) is 24.0. The second-order valence-corrected chi connectivity index (χ2v) is 7.73. The van der Waals surface area contributed by atoms with Gasteiger partial charge >= 0.3 is 11.9 Å². The monoisotopic (exact) mass is 478 g/mol. The maximum absolute atomic E-state index is 12.2. The van der Waals surface area contributed by atoms with Crippen LogP contribution in [-0.4, -0.2) is 29.4 Å². The molecule has 0 saturated carbocycles. The van der Waals surface area contributed by atoms with E-state index in [1.165, 1.54) is 0 Å². The summed E-state index contributed by atoms with van der Waals surface area (Å²) in [5, 5.41) is 0. The standard InChI is InChI=1S/C22H22O8S2/c1-5-26-21(23)15(3)29-31-19-11-7-17(8-12-19)28-18-9-13-20(14-10-18)32(25)30-16(4)22(24)27-6-2/h7-14H,3-6H2,1-2H3. The molecule has 0 aliphatic heterocycles. The van der Waals surface area contributed by atoms with Crippen LogP contribution < -0.4 is 4.74 Å². The summed E-state index contributed by atoms with van der Waals surface area (Å²) in [5.74, 6) is -0.748. The Labute approximate surface area is 193 Å². The first kappa shape index (κ1) is 25.0. The second kappa shape index (κ2) is 12.6. The molecular formula is C22H22O8S2. The lowest BCUT2D eigenvalue weighted by molar-refractivity contribution is -0.141. The number of ether oxygens (including phenoxy) is 3. The summed E-state index contributed by atoms with van der Waals surface area (Å²) in [5.41, 5.74) is 0.